The monoisotopic (exact) mass is 329 g/mol. The number of hydrazone groups is 1. The van der Waals surface area contributed by atoms with Crippen molar-refractivity contribution in [1.82, 2.24) is 10.7 Å². The van der Waals surface area contributed by atoms with E-state index in [1.165, 1.54) is 5.56 Å². The van der Waals surface area contributed by atoms with E-state index in [0.717, 1.165) is 36.0 Å². The Morgan fingerprint density at radius 2 is 2.17 bits per heavy atom. The zero-order chi connectivity index (χ0) is 17.1. The van der Waals surface area contributed by atoms with Gasteiger partial charge in [0.15, 0.2) is 5.84 Å². The molecule has 1 aromatic carbocycles. The number of amides is 1. The summed E-state index contributed by atoms with van der Waals surface area (Å²) in [5, 5.41) is 7.49. The Hall–Kier alpha value is -2.28. The molecule has 24 heavy (non-hydrogen) atoms. The minimum absolute atomic E-state index is 0.0998. The highest BCUT2D eigenvalue weighted by atomic mass is 16.5. The van der Waals surface area contributed by atoms with Crippen molar-refractivity contribution in [2.75, 3.05) is 36.5 Å². The smallest absolute Gasteiger partial charge is 0.262 e. The Kier molecular flexibility index (Phi) is 3.25. The van der Waals surface area contributed by atoms with Crippen LogP contribution in [0.25, 0.3) is 0 Å². The number of fused-ring (bicyclic) bond motifs is 3. The van der Waals surface area contributed by atoms with Gasteiger partial charge in [0.25, 0.3) is 5.91 Å². The van der Waals surface area contributed by atoms with Crippen LogP contribution >= 0.6 is 0 Å². The number of nitrogens with zero attached hydrogens (tertiary/aromatic N) is 3. The number of amidine groups is 1. The molecule has 0 unspecified atom stereocenters. The van der Waals surface area contributed by atoms with E-state index >= 15 is 0 Å². The van der Waals surface area contributed by atoms with Gasteiger partial charge < -0.3 is 19.9 Å². The van der Waals surface area contributed by atoms with Gasteiger partial charge in [-0.1, -0.05) is 0 Å². The molecule has 1 fully saturated rings. The summed E-state index contributed by atoms with van der Waals surface area (Å²) in [6.07, 6.45) is 0. The van der Waals surface area contributed by atoms with Crippen LogP contribution in [0.3, 0.4) is 0 Å². The molecular formula is C17H23N5O2. The van der Waals surface area contributed by atoms with Crippen LogP contribution < -0.4 is 25.3 Å². The molecule has 0 radical (unpaired) electrons. The lowest BCUT2D eigenvalue weighted by Crippen LogP contribution is -2.66. The fraction of sp³-hybridized carbons (Fsp3) is 0.529. The summed E-state index contributed by atoms with van der Waals surface area (Å²) in [5.41, 5.74) is 5.90. The largest absolute Gasteiger partial charge is 0.483 e. The number of ether oxygens (including phenoxy) is 1. The highest BCUT2D eigenvalue weighted by molar-refractivity contribution is 6.09. The lowest BCUT2D eigenvalue weighted by Gasteiger charge is -2.48. The zero-order valence-electron chi connectivity index (χ0n) is 14.5. The van der Waals surface area contributed by atoms with Crippen molar-refractivity contribution < 1.29 is 9.53 Å². The molecule has 1 atom stereocenters. The minimum atomic E-state index is -0.304. The van der Waals surface area contributed by atoms with Gasteiger partial charge in [0.1, 0.15) is 18.4 Å². The molecule has 4 rings (SSSR count). The van der Waals surface area contributed by atoms with Crippen LogP contribution in [-0.4, -0.2) is 50.1 Å². The fourth-order valence-electron chi connectivity index (χ4n) is 3.54. The normalized spacial score (nSPS) is 24.0. The van der Waals surface area contributed by atoms with Crippen molar-refractivity contribution in [2.24, 2.45) is 5.10 Å². The standard InChI is InChI=1S/C17H23N5O2/c1-10-5-14-13(6-12(10)21(4)17(3)8-18-9-17)22-11(2)16(23)20-19-15(22)7-24-14/h5-6,11,18H,7-9H2,1-4H3,(H,20,23)/t11-/m1/s1. The molecule has 0 spiro atoms. The van der Waals surface area contributed by atoms with E-state index in [0.29, 0.717) is 6.61 Å². The van der Waals surface area contributed by atoms with E-state index in [1.807, 2.05) is 11.8 Å². The lowest BCUT2D eigenvalue weighted by atomic mass is 9.92. The molecule has 3 aliphatic rings. The Labute approximate surface area is 141 Å². The summed E-state index contributed by atoms with van der Waals surface area (Å²) in [6.45, 7) is 8.54. The second kappa shape index (κ2) is 5.11. The van der Waals surface area contributed by atoms with E-state index in [2.05, 4.69) is 53.8 Å². The van der Waals surface area contributed by atoms with Crippen molar-refractivity contribution in [1.29, 1.82) is 0 Å². The lowest BCUT2D eigenvalue weighted by molar-refractivity contribution is -0.122. The van der Waals surface area contributed by atoms with Gasteiger partial charge in [0.05, 0.1) is 11.2 Å². The summed E-state index contributed by atoms with van der Waals surface area (Å²) in [7, 11) is 2.13. The Bertz CT molecular complexity index is 741. The predicted octanol–water partition coefficient (Wildman–Crippen LogP) is 0.824. The number of anilines is 2. The highest BCUT2D eigenvalue weighted by Crippen LogP contribution is 2.41. The third kappa shape index (κ3) is 2.07. The van der Waals surface area contributed by atoms with Crippen LogP contribution in [0.1, 0.15) is 19.4 Å². The Morgan fingerprint density at radius 1 is 1.42 bits per heavy atom. The van der Waals surface area contributed by atoms with Gasteiger partial charge in [-0.15, -0.1) is 0 Å². The third-order valence-corrected chi connectivity index (χ3v) is 5.42. The summed E-state index contributed by atoms with van der Waals surface area (Å²) in [6, 6.07) is 3.88. The van der Waals surface area contributed by atoms with Crippen LogP contribution in [0, 0.1) is 6.92 Å². The molecule has 0 bridgehead atoms. The molecule has 7 heteroatoms. The number of rotatable bonds is 2. The second-order valence-corrected chi connectivity index (χ2v) is 7.10. The molecule has 1 aromatic rings. The summed E-state index contributed by atoms with van der Waals surface area (Å²) in [5.74, 6) is 1.45. The summed E-state index contributed by atoms with van der Waals surface area (Å²) >= 11 is 0. The molecule has 2 N–H and O–H groups in total. The molecule has 7 nitrogen and oxygen atoms in total. The van der Waals surface area contributed by atoms with Gasteiger partial charge in [0.2, 0.25) is 0 Å². The molecule has 0 saturated carbocycles. The molecule has 3 aliphatic heterocycles. The number of hydrogen-bond acceptors (Lipinski definition) is 6. The molecule has 1 saturated heterocycles. The molecule has 3 heterocycles. The first kappa shape index (κ1) is 15.3. The quantitative estimate of drug-likeness (QED) is 0.841. The van der Waals surface area contributed by atoms with Crippen LogP contribution in [0.15, 0.2) is 17.2 Å². The number of hydrogen-bond donors (Lipinski definition) is 2. The van der Waals surface area contributed by atoms with Gasteiger partial charge in [0, 0.05) is 25.8 Å². The van der Waals surface area contributed by atoms with Gasteiger partial charge >= 0.3 is 0 Å². The van der Waals surface area contributed by atoms with Crippen molar-refractivity contribution >= 4 is 23.1 Å². The number of aryl methyl sites for hydroxylation is 1. The number of carbonyl (C=O) groups excluding carboxylic acids is 1. The van der Waals surface area contributed by atoms with Gasteiger partial charge in [-0.05, 0) is 38.5 Å². The van der Waals surface area contributed by atoms with Crippen molar-refractivity contribution in [3.8, 4) is 5.75 Å². The summed E-state index contributed by atoms with van der Waals surface area (Å²) in [4.78, 5) is 16.3. The third-order valence-electron chi connectivity index (χ3n) is 5.42. The van der Waals surface area contributed by atoms with Crippen LogP contribution in [0.4, 0.5) is 11.4 Å². The van der Waals surface area contributed by atoms with E-state index in [1.54, 1.807) is 0 Å². The Morgan fingerprint density at radius 3 is 2.83 bits per heavy atom. The molecule has 0 aliphatic carbocycles. The fourth-order valence-corrected chi connectivity index (χ4v) is 3.54. The average Bonchev–Trinajstić information content (AvgIpc) is 2.54. The van der Waals surface area contributed by atoms with Crippen molar-refractivity contribution in [3.63, 3.8) is 0 Å². The maximum Gasteiger partial charge on any atom is 0.262 e. The van der Waals surface area contributed by atoms with Crippen LogP contribution in [0.2, 0.25) is 0 Å². The maximum atomic E-state index is 12.0. The minimum Gasteiger partial charge on any atom is -0.483 e. The van der Waals surface area contributed by atoms with Gasteiger partial charge in [-0.3, -0.25) is 4.79 Å². The molecule has 1 amide bonds. The molecule has 128 valence electrons. The molecular weight excluding hydrogens is 306 g/mol. The predicted molar refractivity (Wildman–Crippen MR) is 93.9 cm³/mol. The van der Waals surface area contributed by atoms with Crippen LogP contribution in [0.5, 0.6) is 5.75 Å². The number of benzene rings is 1. The van der Waals surface area contributed by atoms with E-state index in [9.17, 15) is 4.79 Å². The topological polar surface area (TPSA) is 69.2 Å². The number of likely N-dealkylation sites (N-methyl/N-ethyl adjacent to an activating group) is 1. The first-order chi connectivity index (χ1) is 11.4. The van der Waals surface area contributed by atoms with E-state index < -0.39 is 0 Å². The zero-order valence-corrected chi connectivity index (χ0v) is 14.5. The van der Waals surface area contributed by atoms with Gasteiger partial charge in [-0.25, -0.2) is 5.43 Å². The molecule has 0 aromatic heterocycles. The SMILES string of the molecule is Cc1cc2c(cc1N(C)C1(C)CNC1)N1C(=NNC(=O)[C@H]1C)CO2. The average molecular weight is 329 g/mol. The number of carbonyl (C=O) groups is 1. The first-order valence-electron chi connectivity index (χ1n) is 8.28. The maximum absolute atomic E-state index is 12.0. The summed E-state index contributed by atoms with van der Waals surface area (Å²) < 4.78 is 5.86. The van der Waals surface area contributed by atoms with Crippen molar-refractivity contribution in [2.45, 2.75) is 32.4 Å². The first-order valence-corrected chi connectivity index (χ1v) is 8.28. The van der Waals surface area contributed by atoms with Crippen molar-refractivity contribution in [3.05, 3.63) is 17.7 Å². The Balaban J connectivity index is 1.79. The highest BCUT2D eigenvalue weighted by Gasteiger charge is 2.39. The van der Waals surface area contributed by atoms with E-state index in [4.69, 9.17) is 4.74 Å². The van der Waals surface area contributed by atoms with E-state index in [-0.39, 0.29) is 17.5 Å². The second-order valence-electron chi connectivity index (χ2n) is 7.10. The number of nitrogens with one attached hydrogen (secondary N) is 2. The van der Waals surface area contributed by atoms with Crippen LogP contribution in [-0.2, 0) is 4.79 Å². The van der Waals surface area contributed by atoms with Gasteiger partial charge in [-0.2, -0.15) is 5.10 Å².